The molecule has 0 N–H and O–H groups in total. The Morgan fingerprint density at radius 1 is 1.27 bits per heavy atom. The van der Waals surface area contributed by atoms with Gasteiger partial charge in [0.25, 0.3) is 5.91 Å². The highest BCUT2D eigenvalue weighted by Gasteiger charge is 2.22. The van der Waals surface area contributed by atoms with Gasteiger partial charge in [0.05, 0.1) is 0 Å². The lowest BCUT2D eigenvalue weighted by Crippen LogP contribution is -2.34. The maximum absolute atomic E-state index is 12.6. The summed E-state index contributed by atoms with van der Waals surface area (Å²) < 4.78 is 0.902. The highest BCUT2D eigenvalue weighted by Crippen LogP contribution is 2.24. The fourth-order valence-electron chi connectivity index (χ4n) is 2.67. The van der Waals surface area contributed by atoms with Crippen LogP contribution in [0.2, 0.25) is 0 Å². The largest absolute Gasteiger partial charge is 0.337 e. The van der Waals surface area contributed by atoms with Crippen LogP contribution >= 0.6 is 27.3 Å². The quantitative estimate of drug-likeness (QED) is 0.820. The van der Waals surface area contributed by atoms with Gasteiger partial charge in [0.15, 0.2) is 0 Å². The molecule has 0 unspecified atom stereocenters. The summed E-state index contributed by atoms with van der Waals surface area (Å²) in [6.07, 6.45) is 4.72. The highest BCUT2D eigenvalue weighted by molar-refractivity contribution is 9.10. The number of pyridine rings is 1. The Kier molecular flexibility index (Phi) is 5.23. The summed E-state index contributed by atoms with van der Waals surface area (Å²) in [7, 11) is 0. The Balaban J connectivity index is 1.60. The van der Waals surface area contributed by atoms with Crippen molar-refractivity contribution in [3.63, 3.8) is 0 Å². The van der Waals surface area contributed by atoms with Crippen LogP contribution in [0.1, 0.15) is 21.7 Å². The molecule has 3 rings (SSSR count). The number of thiophene rings is 1. The van der Waals surface area contributed by atoms with Crippen LogP contribution in [0.3, 0.4) is 0 Å². The van der Waals surface area contributed by atoms with Crippen LogP contribution in [-0.4, -0.2) is 46.9 Å². The average Bonchev–Trinajstić information content (AvgIpc) is 2.82. The topological polar surface area (TPSA) is 36.4 Å². The zero-order valence-corrected chi connectivity index (χ0v) is 14.6. The molecule has 0 radical (unpaired) electrons. The van der Waals surface area contributed by atoms with Crippen LogP contribution in [0.25, 0.3) is 0 Å². The standard InChI is InChI=1S/C16H18BrN3OS/c17-14-4-10-22-15(14)16(21)20-7-2-6-19(8-9-20)12-13-3-1-5-18-11-13/h1,3-5,10-11H,2,6-9,12H2. The number of carbonyl (C=O) groups is 1. The van der Waals surface area contributed by atoms with Gasteiger partial charge >= 0.3 is 0 Å². The summed E-state index contributed by atoms with van der Waals surface area (Å²) in [4.78, 5) is 21.9. The molecule has 0 spiro atoms. The number of hydrogen-bond donors (Lipinski definition) is 0. The monoisotopic (exact) mass is 379 g/mol. The molecule has 0 aliphatic carbocycles. The minimum Gasteiger partial charge on any atom is -0.337 e. The fourth-order valence-corrected chi connectivity index (χ4v) is 4.18. The Morgan fingerprint density at radius 3 is 2.91 bits per heavy atom. The van der Waals surface area contributed by atoms with Crippen LogP contribution in [0.5, 0.6) is 0 Å². The second kappa shape index (κ2) is 7.35. The summed E-state index contributed by atoms with van der Waals surface area (Å²) in [5, 5.41) is 1.95. The number of hydrogen-bond acceptors (Lipinski definition) is 4. The van der Waals surface area contributed by atoms with E-state index in [0.717, 1.165) is 48.5 Å². The van der Waals surface area contributed by atoms with Crippen molar-refractivity contribution in [2.75, 3.05) is 26.2 Å². The van der Waals surface area contributed by atoms with E-state index in [1.807, 2.05) is 28.6 Å². The van der Waals surface area contributed by atoms with Gasteiger partial charge in [0, 0.05) is 49.6 Å². The molecule has 2 aromatic rings. The Morgan fingerprint density at radius 2 is 2.18 bits per heavy atom. The molecule has 0 atom stereocenters. The van der Waals surface area contributed by atoms with E-state index in [2.05, 4.69) is 31.9 Å². The summed E-state index contributed by atoms with van der Waals surface area (Å²) in [6.45, 7) is 4.43. The van der Waals surface area contributed by atoms with Crippen molar-refractivity contribution in [3.05, 3.63) is 50.9 Å². The van der Waals surface area contributed by atoms with Crippen LogP contribution in [0.15, 0.2) is 40.4 Å². The SMILES string of the molecule is O=C(c1sccc1Br)N1CCCN(Cc2cccnc2)CC1. The van der Waals surface area contributed by atoms with Gasteiger partial charge in [-0.25, -0.2) is 0 Å². The lowest BCUT2D eigenvalue weighted by molar-refractivity contribution is 0.0765. The lowest BCUT2D eigenvalue weighted by atomic mass is 10.2. The first-order valence-corrected chi connectivity index (χ1v) is 9.05. The predicted molar refractivity (Wildman–Crippen MR) is 92.1 cm³/mol. The average molecular weight is 380 g/mol. The van der Waals surface area contributed by atoms with Crippen LogP contribution in [-0.2, 0) is 6.54 Å². The molecule has 1 aliphatic heterocycles. The first-order valence-electron chi connectivity index (χ1n) is 7.37. The molecule has 1 fully saturated rings. The summed E-state index contributed by atoms with van der Waals surface area (Å²) in [5.41, 5.74) is 1.23. The van der Waals surface area contributed by atoms with Crippen LogP contribution in [0.4, 0.5) is 0 Å². The molecule has 2 aromatic heterocycles. The second-order valence-electron chi connectivity index (χ2n) is 5.38. The van der Waals surface area contributed by atoms with Gasteiger partial charge < -0.3 is 4.90 Å². The van der Waals surface area contributed by atoms with Crippen molar-refractivity contribution in [1.29, 1.82) is 0 Å². The summed E-state index contributed by atoms with van der Waals surface area (Å²) >= 11 is 4.96. The van der Waals surface area contributed by atoms with Crippen molar-refractivity contribution in [1.82, 2.24) is 14.8 Å². The van der Waals surface area contributed by atoms with E-state index in [1.54, 1.807) is 6.20 Å². The smallest absolute Gasteiger partial charge is 0.265 e. The van der Waals surface area contributed by atoms with E-state index >= 15 is 0 Å². The number of aromatic nitrogens is 1. The predicted octanol–water partition coefficient (Wildman–Crippen LogP) is 3.25. The van der Waals surface area contributed by atoms with Crippen molar-refractivity contribution >= 4 is 33.2 Å². The number of nitrogens with zero attached hydrogens (tertiary/aromatic N) is 3. The number of halogens is 1. The van der Waals surface area contributed by atoms with Crippen molar-refractivity contribution in [3.8, 4) is 0 Å². The number of amides is 1. The normalized spacial score (nSPS) is 16.5. The molecule has 0 bridgehead atoms. The third-order valence-electron chi connectivity index (χ3n) is 3.82. The Hall–Kier alpha value is -1.24. The summed E-state index contributed by atoms with van der Waals surface area (Å²) in [5.74, 6) is 0.144. The van der Waals surface area contributed by atoms with Gasteiger partial charge in [-0.1, -0.05) is 6.07 Å². The lowest BCUT2D eigenvalue weighted by Gasteiger charge is -2.21. The molecular formula is C16H18BrN3OS. The molecule has 0 aromatic carbocycles. The summed E-state index contributed by atoms with van der Waals surface area (Å²) in [6, 6.07) is 6.01. The molecule has 22 heavy (non-hydrogen) atoms. The van der Waals surface area contributed by atoms with Gasteiger partial charge in [0.1, 0.15) is 4.88 Å². The molecule has 4 nitrogen and oxygen atoms in total. The minimum atomic E-state index is 0.144. The molecule has 1 saturated heterocycles. The first kappa shape index (κ1) is 15.6. The van der Waals surface area contributed by atoms with Gasteiger partial charge in [-0.15, -0.1) is 11.3 Å². The Bertz CT molecular complexity index is 631. The molecule has 116 valence electrons. The van der Waals surface area contributed by atoms with Crippen molar-refractivity contribution in [2.24, 2.45) is 0 Å². The van der Waals surface area contributed by atoms with Gasteiger partial charge in [-0.05, 0) is 45.4 Å². The van der Waals surface area contributed by atoms with Gasteiger partial charge in [-0.3, -0.25) is 14.7 Å². The molecule has 1 amide bonds. The van der Waals surface area contributed by atoms with Gasteiger partial charge in [0.2, 0.25) is 0 Å². The van der Waals surface area contributed by atoms with Crippen LogP contribution in [0, 0.1) is 0 Å². The maximum Gasteiger partial charge on any atom is 0.265 e. The minimum absolute atomic E-state index is 0.144. The molecule has 3 heterocycles. The number of rotatable bonds is 3. The first-order chi connectivity index (χ1) is 10.7. The van der Waals surface area contributed by atoms with E-state index in [4.69, 9.17) is 0 Å². The van der Waals surface area contributed by atoms with E-state index in [0.29, 0.717) is 0 Å². The van der Waals surface area contributed by atoms with Crippen LogP contribution < -0.4 is 0 Å². The zero-order valence-electron chi connectivity index (χ0n) is 12.2. The van der Waals surface area contributed by atoms with Gasteiger partial charge in [-0.2, -0.15) is 0 Å². The molecular weight excluding hydrogens is 362 g/mol. The third kappa shape index (κ3) is 3.74. The number of carbonyl (C=O) groups excluding carboxylic acids is 1. The van der Waals surface area contributed by atoms with E-state index in [9.17, 15) is 4.79 Å². The van der Waals surface area contributed by atoms with E-state index < -0.39 is 0 Å². The fraction of sp³-hybridized carbons (Fsp3) is 0.375. The zero-order chi connectivity index (χ0) is 15.4. The molecule has 0 saturated carbocycles. The molecule has 6 heteroatoms. The third-order valence-corrected chi connectivity index (χ3v) is 5.64. The highest BCUT2D eigenvalue weighted by atomic mass is 79.9. The second-order valence-corrected chi connectivity index (χ2v) is 7.15. The van der Waals surface area contributed by atoms with Crippen molar-refractivity contribution in [2.45, 2.75) is 13.0 Å². The van der Waals surface area contributed by atoms with E-state index in [1.165, 1.54) is 16.9 Å². The Labute approximate surface area is 142 Å². The van der Waals surface area contributed by atoms with Crippen molar-refractivity contribution < 1.29 is 4.79 Å². The maximum atomic E-state index is 12.6. The molecule has 1 aliphatic rings. The van der Waals surface area contributed by atoms with E-state index in [-0.39, 0.29) is 5.91 Å².